The summed E-state index contributed by atoms with van der Waals surface area (Å²) in [4.78, 5) is 0. The number of nitrogens with two attached hydrogens (primary N) is 1. The summed E-state index contributed by atoms with van der Waals surface area (Å²) in [5.41, 5.74) is 5.63. The molecule has 2 heteroatoms. The molecule has 0 aromatic carbocycles. The Balaban J connectivity index is 2.66. The summed E-state index contributed by atoms with van der Waals surface area (Å²) in [6.45, 7) is 11.4. The van der Waals surface area contributed by atoms with Crippen LogP contribution in [0.15, 0.2) is 12.2 Å². The number of hydrogen-bond acceptors (Lipinski definition) is 2. The van der Waals surface area contributed by atoms with Crippen LogP contribution in [0.4, 0.5) is 0 Å². The van der Waals surface area contributed by atoms with Gasteiger partial charge in [-0.25, -0.2) is 0 Å². The normalized spacial score (nSPS) is 38.9. The quantitative estimate of drug-likeness (QED) is 0.577. The van der Waals surface area contributed by atoms with Gasteiger partial charge in [0.2, 0.25) is 0 Å². The highest BCUT2D eigenvalue weighted by Gasteiger charge is 2.37. The highest BCUT2D eigenvalue weighted by Crippen LogP contribution is 2.43. The van der Waals surface area contributed by atoms with Crippen LogP contribution in [-0.2, 0) is 4.74 Å². The highest BCUT2D eigenvalue weighted by atomic mass is 16.5. The smallest absolute Gasteiger partial charge is 0.0589 e. The van der Waals surface area contributed by atoms with Crippen molar-refractivity contribution in [1.29, 1.82) is 0 Å². The van der Waals surface area contributed by atoms with Crippen LogP contribution >= 0.6 is 0 Å². The maximum Gasteiger partial charge on any atom is 0.0589 e. The molecule has 0 bridgehead atoms. The standard InChI is InChI=1S/C14H27NO/c1-5-13-6-7-14(4,10-16-9-8-15)12(3)11(13)2/h6-7,11-13H,5,8-10,15H2,1-4H3/t11-,12+,13-,14?/m1/s1. The molecule has 0 radical (unpaired) electrons. The molecule has 1 aliphatic rings. The van der Waals surface area contributed by atoms with E-state index in [1.807, 2.05) is 0 Å². The van der Waals surface area contributed by atoms with E-state index in [0.717, 1.165) is 18.4 Å². The lowest BCUT2D eigenvalue weighted by atomic mass is 9.64. The van der Waals surface area contributed by atoms with Crippen LogP contribution in [0.3, 0.4) is 0 Å². The number of hydrogen-bond donors (Lipinski definition) is 1. The van der Waals surface area contributed by atoms with Crippen molar-refractivity contribution in [2.24, 2.45) is 28.9 Å². The first-order chi connectivity index (χ1) is 7.55. The third-order valence-electron chi connectivity index (χ3n) is 4.38. The van der Waals surface area contributed by atoms with E-state index in [1.165, 1.54) is 6.42 Å². The van der Waals surface area contributed by atoms with Gasteiger partial charge in [-0.2, -0.15) is 0 Å². The fourth-order valence-electron chi connectivity index (χ4n) is 2.70. The van der Waals surface area contributed by atoms with Gasteiger partial charge in [-0.1, -0.05) is 39.8 Å². The zero-order valence-electron chi connectivity index (χ0n) is 11.2. The molecule has 0 aromatic rings. The molecule has 16 heavy (non-hydrogen) atoms. The highest BCUT2D eigenvalue weighted by molar-refractivity contribution is 5.09. The van der Waals surface area contributed by atoms with E-state index in [1.54, 1.807) is 0 Å². The van der Waals surface area contributed by atoms with Gasteiger partial charge in [0.15, 0.2) is 0 Å². The molecule has 0 heterocycles. The average Bonchev–Trinajstić information content (AvgIpc) is 2.27. The van der Waals surface area contributed by atoms with Crippen LogP contribution in [0, 0.1) is 23.2 Å². The maximum atomic E-state index is 5.64. The van der Waals surface area contributed by atoms with Crippen LogP contribution < -0.4 is 5.73 Å². The summed E-state index contributed by atoms with van der Waals surface area (Å²) in [5, 5.41) is 0. The van der Waals surface area contributed by atoms with Crippen LogP contribution in [0.1, 0.15) is 34.1 Å². The number of ether oxygens (including phenoxy) is 1. The molecule has 0 spiro atoms. The summed E-state index contributed by atoms with van der Waals surface area (Å²) < 4.78 is 5.64. The molecular weight excluding hydrogens is 198 g/mol. The van der Waals surface area contributed by atoms with Gasteiger partial charge in [-0.15, -0.1) is 0 Å². The topological polar surface area (TPSA) is 35.2 Å². The molecule has 1 unspecified atom stereocenters. The van der Waals surface area contributed by atoms with E-state index in [4.69, 9.17) is 10.5 Å². The minimum atomic E-state index is 0.181. The molecule has 0 saturated carbocycles. The van der Waals surface area contributed by atoms with E-state index in [-0.39, 0.29) is 5.41 Å². The summed E-state index contributed by atoms with van der Waals surface area (Å²) in [5.74, 6) is 2.14. The Hall–Kier alpha value is -0.340. The summed E-state index contributed by atoms with van der Waals surface area (Å²) in [7, 11) is 0. The van der Waals surface area contributed by atoms with Crippen molar-refractivity contribution in [3.8, 4) is 0 Å². The molecule has 0 fully saturated rings. The second-order valence-electron chi connectivity index (χ2n) is 5.43. The van der Waals surface area contributed by atoms with Gasteiger partial charge in [0.05, 0.1) is 13.2 Å². The summed E-state index contributed by atoms with van der Waals surface area (Å²) in [6.07, 6.45) is 5.99. The van der Waals surface area contributed by atoms with Crippen molar-refractivity contribution in [3.05, 3.63) is 12.2 Å². The van der Waals surface area contributed by atoms with Crippen molar-refractivity contribution in [3.63, 3.8) is 0 Å². The lowest BCUT2D eigenvalue weighted by molar-refractivity contribution is 0.0246. The maximum absolute atomic E-state index is 5.64. The first-order valence-corrected chi connectivity index (χ1v) is 6.52. The van der Waals surface area contributed by atoms with E-state index >= 15 is 0 Å². The minimum absolute atomic E-state index is 0.181. The molecule has 94 valence electrons. The molecule has 0 aliphatic heterocycles. The molecule has 1 rings (SSSR count). The van der Waals surface area contributed by atoms with Crippen molar-refractivity contribution in [2.75, 3.05) is 19.8 Å². The fourth-order valence-corrected chi connectivity index (χ4v) is 2.70. The van der Waals surface area contributed by atoms with Crippen LogP contribution in [0.25, 0.3) is 0 Å². The second kappa shape index (κ2) is 5.83. The molecule has 2 nitrogen and oxygen atoms in total. The van der Waals surface area contributed by atoms with Gasteiger partial charge in [0.1, 0.15) is 0 Å². The summed E-state index contributed by atoms with van der Waals surface area (Å²) in [6, 6.07) is 0. The Bertz CT molecular complexity index is 239. The Labute approximate surface area is 100 Å². The van der Waals surface area contributed by atoms with Gasteiger partial charge in [-0.05, 0) is 24.2 Å². The van der Waals surface area contributed by atoms with Crippen LogP contribution in [0.2, 0.25) is 0 Å². The molecule has 1 aliphatic carbocycles. The monoisotopic (exact) mass is 225 g/mol. The van der Waals surface area contributed by atoms with Crippen LogP contribution in [0.5, 0.6) is 0 Å². The van der Waals surface area contributed by atoms with Crippen LogP contribution in [-0.4, -0.2) is 19.8 Å². The van der Waals surface area contributed by atoms with Gasteiger partial charge in [0.25, 0.3) is 0 Å². The zero-order valence-corrected chi connectivity index (χ0v) is 11.2. The first-order valence-electron chi connectivity index (χ1n) is 6.52. The van der Waals surface area contributed by atoms with Crippen molar-refractivity contribution in [2.45, 2.75) is 34.1 Å². The van der Waals surface area contributed by atoms with E-state index in [0.29, 0.717) is 19.1 Å². The Kier molecular flexibility index (Phi) is 5.00. The molecule has 2 N–H and O–H groups in total. The molecule has 4 atom stereocenters. The van der Waals surface area contributed by atoms with E-state index in [9.17, 15) is 0 Å². The largest absolute Gasteiger partial charge is 0.379 e. The number of rotatable bonds is 5. The predicted octanol–water partition coefficient (Wildman–Crippen LogP) is 2.84. The van der Waals surface area contributed by atoms with Crippen molar-refractivity contribution < 1.29 is 4.74 Å². The Morgan fingerprint density at radius 1 is 1.38 bits per heavy atom. The van der Waals surface area contributed by atoms with Gasteiger partial charge >= 0.3 is 0 Å². The minimum Gasteiger partial charge on any atom is -0.379 e. The molecule has 0 amide bonds. The summed E-state index contributed by atoms with van der Waals surface area (Å²) >= 11 is 0. The Morgan fingerprint density at radius 3 is 2.62 bits per heavy atom. The third-order valence-corrected chi connectivity index (χ3v) is 4.38. The van der Waals surface area contributed by atoms with E-state index < -0.39 is 0 Å². The second-order valence-corrected chi connectivity index (χ2v) is 5.43. The first kappa shape index (κ1) is 13.7. The third kappa shape index (κ3) is 2.86. The van der Waals surface area contributed by atoms with Gasteiger partial charge < -0.3 is 10.5 Å². The molecule has 0 saturated heterocycles. The Morgan fingerprint density at radius 2 is 2.06 bits per heavy atom. The molecular formula is C14H27NO. The van der Waals surface area contributed by atoms with Crippen molar-refractivity contribution >= 4 is 0 Å². The van der Waals surface area contributed by atoms with Crippen molar-refractivity contribution in [1.82, 2.24) is 0 Å². The lowest BCUT2D eigenvalue weighted by Gasteiger charge is -2.43. The zero-order chi connectivity index (χ0) is 12.2. The SMILES string of the molecule is CC[C@@H]1C=CC(C)(COCCN)[C@@H](C)[C@H]1C. The van der Waals surface area contributed by atoms with Gasteiger partial charge in [0, 0.05) is 12.0 Å². The lowest BCUT2D eigenvalue weighted by Crippen LogP contribution is -2.38. The number of allylic oxidation sites excluding steroid dienone is 1. The van der Waals surface area contributed by atoms with E-state index in [2.05, 4.69) is 39.8 Å². The predicted molar refractivity (Wildman–Crippen MR) is 69.2 cm³/mol. The molecule has 0 aromatic heterocycles. The van der Waals surface area contributed by atoms with Gasteiger partial charge in [-0.3, -0.25) is 0 Å². The average molecular weight is 225 g/mol. The fraction of sp³-hybridized carbons (Fsp3) is 0.857.